The lowest BCUT2D eigenvalue weighted by molar-refractivity contribution is -0.120. The van der Waals surface area contributed by atoms with Crippen molar-refractivity contribution in [2.75, 3.05) is 6.54 Å². The summed E-state index contributed by atoms with van der Waals surface area (Å²) in [5, 5.41) is 4.46. The fourth-order valence-electron chi connectivity index (χ4n) is 2.61. The van der Waals surface area contributed by atoms with Crippen molar-refractivity contribution in [1.82, 2.24) is 5.32 Å². The Morgan fingerprint density at radius 1 is 1.29 bits per heavy atom. The highest BCUT2D eigenvalue weighted by atomic mass is 79.9. The van der Waals surface area contributed by atoms with Crippen LogP contribution in [0.3, 0.4) is 0 Å². The van der Waals surface area contributed by atoms with Gasteiger partial charge in [0.05, 0.1) is 11.3 Å². The molecular formula is C18H17BrN2O3. The monoisotopic (exact) mass is 388 g/mol. The Labute approximate surface area is 147 Å². The van der Waals surface area contributed by atoms with Crippen molar-refractivity contribution in [2.24, 2.45) is 10.9 Å². The highest BCUT2D eigenvalue weighted by Crippen LogP contribution is 2.14. The summed E-state index contributed by atoms with van der Waals surface area (Å²) < 4.78 is 5.70. The van der Waals surface area contributed by atoms with Crippen LogP contribution in [-0.4, -0.2) is 18.4 Å². The predicted molar refractivity (Wildman–Crippen MR) is 93.0 cm³/mol. The van der Waals surface area contributed by atoms with Gasteiger partial charge in [-0.3, -0.25) is 9.59 Å². The van der Waals surface area contributed by atoms with Gasteiger partial charge >= 0.3 is 0 Å². The quantitative estimate of drug-likeness (QED) is 0.870. The summed E-state index contributed by atoms with van der Waals surface area (Å²) in [6, 6.07) is 7.24. The summed E-state index contributed by atoms with van der Waals surface area (Å²) in [5.41, 5.74) is 2.29. The minimum Gasteiger partial charge on any atom is -0.444 e. The maximum absolute atomic E-state index is 12.2. The number of nitrogens with zero attached hydrogens (tertiary/aromatic N) is 1. The van der Waals surface area contributed by atoms with Crippen LogP contribution in [0.5, 0.6) is 0 Å². The van der Waals surface area contributed by atoms with E-state index in [0.717, 1.165) is 16.1 Å². The number of furan rings is 1. The number of amides is 2. The molecule has 2 aromatic rings. The van der Waals surface area contributed by atoms with Crippen LogP contribution < -0.4 is 15.9 Å². The normalized spacial score (nSPS) is 16.1. The van der Waals surface area contributed by atoms with Gasteiger partial charge in [-0.05, 0) is 76.8 Å². The van der Waals surface area contributed by atoms with Crippen molar-refractivity contribution in [3.63, 3.8) is 0 Å². The highest BCUT2D eigenvalue weighted by molar-refractivity contribution is 9.10. The summed E-state index contributed by atoms with van der Waals surface area (Å²) >= 11 is 3.16. The van der Waals surface area contributed by atoms with Gasteiger partial charge in [0.15, 0.2) is 10.4 Å². The summed E-state index contributed by atoms with van der Waals surface area (Å²) in [4.78, 5) is 28.3. The molecule has 0 saturated heterocycles. The fourth-order valence-corrected chi connectivity index (χ4v) is 2.92. The molecule has 2 heterocycles. The summed E-state index contributed by atoms with van der Waals surface area (Å²) in [6.07, 6.45) is 2.44. The molecule has 0 fully saturated rings. The Balaban J connectivity index is 1.67. The number of carbonyl (C=O) groups is 2. The van der Waals surface area contributed by atoms with Crippen molar-refractivity contribution in [1.29, 1.82) is 0 Å². The standard InChI is InChI=1S/C18H17BrN2O3/c1-10-7-13-9-12(17(22)21-14(13)8-11(10)2)5-6-20-18(23)15-3-4-16(19)24-15/h3-4,7-9,12H,5-6H2,1-2H3,(H,20,23). The molecule has 0 aliphatic carbocycles. The molecule has 1 aromatic carbocycles. The minimum atomic E-state index is -0.316. The first-order valence-corrected chi connectivity index (χ1v) is 8.48. The van der Waals surface area contributed by atoms with Gasteiger partial charge in [0.25, 0.3) is 11.8 Å². The molecule has 2 amide bonds. The fraction of sp³-hybridized carbons (Fsp3) is 0.278. The molecule has 0 spiro atoms. The van der Waals surface area contributed by atoms with E-state index in [0.29, 0.717) is 17.6 Å². The van der Waals surface area contributed by atoms with Crippen LogP contribution in [0.1, 0.15) is 28.1 Å². The van der Waals surface area contributed by atoms with Gasteiger partial charge in [-0.1, -0.05) is 6.08 Å². The lowest BCUT2D eigenvalue weighted by Gasteiger charge is -2.13. The molecule has 1 aromatic heterocycles. The van der Waals surface area contributed by atoms with Crippen LogP contribution in [0.4, 0.5) is 0 Å². The smallest absolute Gasteiger partial charge is 0.287 e. The Kier molecular flexibility index (Phi) is 4.66. The molecular weight excluding hydrogens is 372 g/mol. The molecule has 1 unspecified atom stereocenters. The zero-order valence-electron chi connectivity index (χ0n) is 13.4. The molecule has 5 nitrogen and oxygen atoms in total. The highest BCUT2D eigenvalue weighted by Gasteiger charge is 2.19. The van der Waals surface area contributed by atoms with Gasteiger partial charge in [0.1, 0.15) is 0 Å². The number of aryl methyl sites for hydroxylation is 2. The summed E-state index contributed by atoms with van der Waals surface area (Å²) in [6.45, 7) is 4.42. The molecule has 0 saturated carbocycles. The van der Waals surface area contributed by atoms with Gasteiger partial charge < -0.3 is 9.73 Å². The minimum absolute atomic E-state index is 0.166. The van der Waals surface area contributed by atoms with E-state index in [9.17, 15) is 9.59 Å². The number of nitrogens with one attached hydrogen (secondary N) is 1. The number of benzene rings is 1. The first-order valence-electron chi connectivity index (χ1n) is 7.69. The van der Waals surface area contributed by atoms with Crippen LogP contribution in [0, 0.1) is 19.8 Å². The van der Waals surface area contributed by atoms with Crippen LogP contribution in [0.15, 0.2) is 38.3 Å². The molecule has 0 bridgehead atoms. The van der Waals surface area contributed by atoms with E-state index in [2.05, 4.69) is 26.2 Å². The number of carbonyl (C=O) groups excluding carboxylic acids is 2. The van der Waals surface area contributed by atoms with E-state index in [1.807, 2.05) is 32.1 Å². The van der Waals surface area contributed by atoms with Crippen molar-refractivity contribution in [3.05, 3.63) is 56.4 Å². The third-order valence-electron chi connectivity index (χ3n) is 4.11. The van der Waals surface area contributed by atoms with E-state index < -0.39 is 0 Å². The first-order chi connectivity index (χ1) is 11.4. The van der Waals surface area contributed by atoms with Crippen molar-refractivity contribution in [2.45, 2.75) is 20.3 Å². The maximum atomic E-state index is 12.2. The molecule has 3 rings (SSSR count). The average molecular weight is 389 g/mol. The van der Waals surface area contributed by atoms with E-state index in [1.165, 1.54) is 5.56 Å². The summed E-state index contributed by atoms with van der Waals surface area (Å²) in [7, 11) is 0. The SMILES string of the molecule is Cc1cc2c(cc1C)=NC(=O)C(CCNC(=O)c1ccc(Br)o1)C=2. The van der Waals surface area contributed by atoms with Gasteiger partial charge in [0.2, 0.25) is 0 Å². The van der Waals surface area contributed by atoms with Gasteiger partial charge in [0, 0.05) is 6.54 Å². The summed E-state index contributed by atoms with van der Waals surface area (Å²) in [5.74, 6) is -0.543. The third-order valence-corrected chi connectivity index (χ3v) is 4.54. The molecule has 124 valence electrons. The van der Waals surface area contributed by atoms with Crippen LogP contribution in [0.2, 0.25) is 0 Å². The lowest BCUT2D eigenvalue weighted by Crippen LogP contribution is -2.35. The maximum Gasteiger partial charge on any atom is 0.287 e. The van der Waals surface area contributed by atoms with Gasteiger partial charge in [-0.2, -0.15) is 0 Å². The van der Waals surface area contributed by atoms with Crippen LogP contribution in [0.25, 0.3) is 6.08 Å². The third kappa shape index (κ3) is 3.48. The molecule has 1 atom stereocenters. The van der Waals surface area contributed by atoms with Gasteiger partial charge in [-0.15, -0.1) is 0 Å². The second kappa shape index (κ2) is 6.73. The number of hydrogen-bond donors (Lipinski definition) is 1. The Bertz CT molecular complexity index is 930. The number of rotatable bonds is 4. The lowest BCUT2D eigenvalue weighted by atomic mass is 9.98. The van der Waals surface area contributed by atoms with E-state index in [1.54, 1.807) is 12.1 Å². The number of fused-ring (bicyclic) bond motifs is 1. The molecule has 1 N–H and O–H groups in total. The zero-order chi connectivity index (χ0) is 17.3. The second-order valence-electron chi connectivity index (χ2n) is 5.87. The van der Waals surface area contributed by atoms with Crippen molar-refractivity contribution in [3.8, 4) is 0 Å². The molecule has 0 radical (unpaired) electrons. The molecule has 24 heavy (non-hydrogen) atoms. The molecule has 1 aliphatic heterocycles. The van der Waals surface area contributed by atoms with Crippen molar-refractivity contribution >= 4 is 33.8 Å². The van der Waals surface area contributed by atoms with Crippen LogP contribution in [-0.2, 0) is 4.79 Å². The van der Waals surface area contributed by atoms with Crippen molar-refractivity contribution < 1.29 is 14.0 Å². The topological polar surface area (TPSA) is 71.7 Å². The number of hydrogen-bond acceptors (Lipinski definition) is 3. The van der Waals surface area contributed by atoms with Gasteiger partial charge in [-0.25, -0.2) is 4.99 Å². The van der Waals surface area contributed by atoms with E-state index in [4.69, 9.17) is 4.42 Å². The van der Waals surface area contributed by atoms with Crippen LogP contribution >= 0.6 is 15.9 Å². The second-order valence-corrected chi connectivity index (χ2v) is 6.65. The average Bonchev–Trinajstić information content (AvgIpc) is 2.96. The number of halogens is 1. The zero-order valence-corrected chi connectivity index (χ0v) is 15.0. The Hall–Kier alpha value is -2.21. The Morgan fingerprint density at radius 2 is 2.04 bits per heavy atom. The molecule has 1 aliphatic rings. The predicted octanol–water partition coefficient (Wildman–Crippen LogP) is 2.04. The van der Waals surface area contributed by atoms with E-state index >= 15 is 0 Å². The Morgan fingerprint density at radius 3 is 2.75 bits per heavy atom. The largest absolute Gasteiger partial charge is 0.444 e. The van der Waals surface area contributed by atoms with E-state index in [-0.39, 0.29) is 23.5 Å². The molecule has 6 heteroatoms. The first kappa shape index (κ1) is 16.6.